The molecule has 3 aromatic rings. The van der Waals surface area contributed by atoms with Crippen LogP contribution >= 0.6 is 0 Å². The van der Waals surface area contributed by atoms with Crippen LogP contribution in [0.3, 0.4) is 0 Å². The molecule has 0 bridgehead atoms. The number of nitrogens with one attached hydrogen (secondary N) is 1. The second-order valence-electron chi connectivity index (χ2n) is 8.03. The summed E-state index contributed by atoms with van der Waals surface area (Å²) in [6.45, 7) is 0. The van der Waals surface area contributed by atoms with Gasteiger partial charge in [-0.1, -0.05) is 37.8 Å². The summed E-state index contributed by atoms with van der Waals surface area (Å²) in [4.78, 5) is 8.38. The molecule has 0 saturated heterocycles. The van der Waals surface area contributed by atoms with Crippen molar-refractivity contribution in [3.05, 3.63) is 60.2 Å². The van der Waals surface area contributed by atoms with E-state index in [0.717, 1.165) is 29.3 Å². The zero-order chi connectivity index (χ0) is 19.7. The van der Waals surface area contributed by atoms with E-state index in [-0.39, 0.29) is 5.92 Å². The van der Waals surface area contributed by atoms with Gasteiger partial charge in [0.25, 0.3) is 0 Å². The number of H-pyrrole nitrogens is 1. The lowest BCUT2D eigenvalue weighted by molar-refractivity contribution is 0.469. The number of nitrogens with zero attached hydrogens (tertiary/aromatic N) is 2. The van der Waals surface area contributed by atoms with Crippen molar-refractivity contribution in [1.29, 1.82) is 0 Å². The van der Waals surface area contributed by atoms with Gasteiger partial charge in [0.2, 0.25) is 0 Å². The molecule has 148 valence electrons. The van der Waals surface area contributed by atoms with E-state index in [0.29, 0.717) is 4.90 Å². The first-order valence-corrected chi connectivity index (χ1v) is 11.8. The number of imidazole rings is 1. The van der Waals surface area contributed by atoms with Crippen molar-refractivity contribution in [2.45, 2.75) is 42.9 Å². The molecule has 1 fully saturated rings. The Hall–Kier alpha value is -2.34. The zero-order valence-electron chi connectivity index (χ0n) is 16.4. The average molecular weight is 398 g/mol. The molecular formula is C22H27N3O2S. The molecular weight excluding hydrogens is 370 g/mol. The van der Waals surface area contributed by atoms with Crippen molar-refractivity contribution < 1.29 is 8.42 Å². The van der Waals surface area contributed by atoms with E-state index < -0.39 is 9.84 Å². The van der Waals surface area contributed by atoms with Crippen molar-refractivity contribution in [1.82, 2.24) is 14.5 Å². The Morgan fingerprint density at radius 2 is 1.86 bits per heavy atom. The van der Waals surface area contributed by atoms with E-state index in [1.807, 2.05) is 29.9 Å². The largest absolute Gasteiger partial charge is 0.357 e. The number of aromatic nitrogens is 3. The summed E-state index contributed by atoms with van der Waals surface area (Å²) in [5.74, 6) is 0.954. The van der Waals surface area contributed by atoms with Crippen LogP contribution in [0, 0.1) is 5.92 Å². The fourth-order valence-electron chi connectivity index (χ4n) is 4.29. The molecule has 0 amide bonds. The minimum Gasteiger partial charge on any atom is -0.357 e. The van der Waals surface area contributed by atoms with Gasteiger partial charge in [0, 0.05) is 31.1 Å². The van der Waals surface area contributed by atoms with Crippen LogP contribution < -0.4 is 0 Å². The molecule has 2 aromatic heterocycles. The third-order valence-electron chi connectivity index (χ3n) is 5.82. The second kappa shape index (κ2) is 7.59. The van der Waals surface area contributed by atoms with Crippen molar-refractivity contribution in [3.8, 4) is 11.4 Å². The maximum absolute atomic E-state index is 11.8. The highest BCUT2D eigenvalue weighted by atomic mass is 32.2. The number of hydrogen-bond acceptors (Lipinski definition) is 3. The van der Waals surface area contributed by atoms with Crippen LogP contribution in [0.15, 0.2) is 53.8 Å². The maximum Gasteiger partial charge on any atom is 0.175 e. The molecule has 6 heteroatoms. The lowest BCUT2D eigenvalue weighted by Gasteiger charge is -2.21. The van der Waals surface area contributed by atoms with Gasteiger partial charge in [0.1, 0.15) is 5.69 Å². The fourth-order valence-corrected chi connectivity index (χ4v) is 4.92. The number of benzene rings is 1. The average Bonchev–Trinajstić information content (AvgIpc) is 3.40. The van der Waals surface area contributed by atoms with Gasteiger partial charge >= 0.3 is 0 Å². The van der Waals surface area contributed by atoms with E-state index in [4.69, 9.17) is 0 Å². The predicted molar refractivity (Wildman–Crippen MR) is 111 cm³/mol. The summed E-state index contributed by atoms with van der Waals surface area (Å²) in [7, 11) is -1.22. The number of aromatic amines is 1. The van der Waals surface area contributed by atoms with Gasteiger partial charge in [0.15, 0.2) is 9.84 Å². The van der Waals surface area contributed by atoms with Crippen molar-refractivity contribution in [2.24, 2.45) is 13.0 Å². The van der Waals surface area contributed by atoms with Gasteiger partial charge in [-0.15, -0.1) is 0 Å². The van der Waals surface area contributed by atoms with Crippen molar-refractivity contribution in [2.75, 3.05) is 6.26 Å². The van der Waals surface area contributed by atoms with Gasteiger partial charge in [-0.2, -0.15) is 0 Å². The SMILES string of the molecule is Cn1cnc(-c2ccc(C(CC3CCCC3)c3ccc(S(C)(=O)=O)cc3)[nH]2)c1. The van der Waals surface area contributed by atoms with E-state index in [2.05, 4.69) is 22.1 Å². The lowest BCUT2D eigenvalue weighted by Crippen LogP contribution is -2.08. The van der Waals surface area contributed by atoms with E-state index in [9.17, 15) is 8.42 Å². The van der Waals surface area contributed by atoms with E-state index >= 15 is 0 Å². The Kier molecular flexibility index (Phi) is 5.15. The standard InChI is InChI=1S/C22H27N3O2S/c1-25-14-22(23-15-25)21-12-11-20(24-21)19(13-16-5-3-4-6-16)17-7-9-18(10-8-17)28(2,26)27/h7-12,14-16,19,24H,3-6,13H2,1-2H3. The maximum atomic E-state index is 11.8. The molecule has 0 spiro atoms. The second-order valence-corrected chi connectivity index (χ2v) is 10.0. The first-order valence-electron chi connectivity index (χ1n) is 9.87. The van der Waals surface area contributed by atoms with Crippen LogP contribution in [0.25, 0.3) is 11.4 Å². The smallest absolute Gasteiger partial charge is 0.175 e. The summed E-state index contributed by atoms with van der Waals surface area (Å²) in [5.41, 5.74) is 4.27. The number of sulfone groups is 1. The quantitative estimate of drug-likeness (QED) is 0.664. The summed E-state index contributed by atoms with van der Waals surface area (Å²) < 4.78 is 25.6. The van der Waals surface area contributed by atoms with Gasteiger partial charge in [-0.3, -0.25) is 0 Å². The summed E-state index contributed by atoms with van der Waals surface area (Å²) in [6.07, 6.45) is 11.3. The molecule has 4 rings (SSSR count). The molecule has 5 nitrogen and oxygen atoms in total. The fraction of sp³-hybridized carbons (Fsp3) is 0.409. The highest BCUT2D eigenvalue weighted by Gasteiger charge is 2.24. The molecule has 1 atom stereocenters. The lowest BCUT2D eigenvalue weighted by atomic mass is 9.86. The van der Waals surface area contributed by atoms with Gasteiger partial charge < -0.3 is 9.55 Å². The van der Waals surface area contributed by atoms with Gasteiger partial charge in [-0.05, 0) is 42.2 Å². The third kappa shape index (κ3) is 4.07. The van der Waals surface area contributed by atoms with Crippen LogP contribution in [0.4, 0.5) is 0 Å². The Morgan fingerprint density at radius 1 is 1.14 bits per heavy atom. The normalized spacial score (nSPS) is 16.5. The van der Waals surface area contributed by atoms with Crippen LogP contribution in [-0.4, -0.2) is 29.2 Å². The molecule has 0 radical (unpaired) electrons. The van der Waals surface area contributed by atoms with Crippen LogP contribution in [0.5, 0.6) is 0 Å². The Labute approximate surface area is 166 Å². The molecule has 1 aliphatic rings. The summed E-state index contributed by atoms with van der Waals surface area (Å²) >= 11 is 0. The van der Waals surface area contributed by atoms with Crippen molar-refractivity contribution >= 4 is 9.84 Å². The molecule has 1 aliphatic carbocycles. The molecule has 0 aliphatic heterocycles. The first kappa shape index (κ1) is 19.0. The number of rotatable bonds is 6. The van der Waals surface area contributed by atoms with Gasteiger partial charge in [-0.25, -0.2) is 13.4 Å². The molecule has 1 saturated carbocycles. The highest BCUT2D eigenvalue weighted by Crippen LogP contribution is 2.38. The Balaban J connectivity index is 1.66. The molecule has 1 aromatic carbocycles. The summed E-state index contributed by atoms with van der Waals surface area (Å²) in [5, 5.41) is 0. The van der Waals surface area contributed by atoms with Gasteiger partial charge in [0.05, 0.1) is 16.9 Å². The minimum atomic E-state index is -3.18. The molecule has 1 unspecified atom stereocenters. The monoisotopic (exact) mass is 397 g/mol. The Morgan fingerprint density at radius 3 is 2.46 bits per heavy atom. The van der Waals surface area contributed by atoms with Crippen LogP contribution in [0.1, 0.15) is 49.3 Å². The zero-order valence-corrected chi connectivity index (χ0v) is 17.2. The minimum absolute atomic E-state index is 0.231. The molecule has 2 heterocycles. The first-order chi connectivity index (χ1) is 13.4. The highest BCUT2D eigenvalue weighted by molar-refractivity contribution is 7.90. The van der Waals surface area contributed by atoms with Crippen LogP contribution in [0.2, 0.25) is 0 Å². The Bertz CT molecular complexity index is 1040. The van der Waals surface area contributed by atoms with E-state index in [1.165, 1.54) is 37.6 Å². The topological polar surface area (TPSA) is 67.8 Å². The third-order valence-corrected chi connectivity index (χ3v) is 6.95. The molecule has 28 heavy (non-hydrogen) atoms. The number of hydrogen-bond donors (Lipinski definition) is 1. The van der Waals surface area contributed by atoms with Crippen molar-refractivity contribution in [3.63, 3.8) is 0 Å². The van der Waals surface area contributed by atoms with Crippen LogP contribution in [-0.2, 0) is 16.9 Å². The number of aryl methyl sites for hydroxylation is 1. The summed E-state index contributed by atoms with van der Waals surface area (Å²) in [6, 6.07) is 11.6. The molecule has 1 N–H and O–H groups in total. The predicted octanol–water partition coefficient (Wildman–Crippen LogP) is 4.53. The van der Waals surface area contributed by atoms with E-state index in [1.54, 1.807) is 18.5 Å².